The molecule has 0 radical (unpaired) electrons. The van der Waals surface area contributed by atoms with Gasteiger partial charge in [0.15, 0.2) is 0 Å². The molecule has 5 nitrogen and oxygen atoms in total. The second-order valence-corrected chi connectivity index (χ2v) is 3.89. The molecule has 2 heterocycles. The first kappa shape index (κ1) is 12.0. The van der Waals surface area contributed by atoms with Gasteiger partial charge in [0, 0.05) is 18.8 Å². The first-order valence-electron chi connectivity index (χ1n) is 5.64. The number of nitrogens with zero attached hydrogens (tertiary/aromatic N) is 2. The van der Waals surface area contributed by atoms with E-state index in [9.17, 15) is 4.79 Å². The van der Waals surface area contributed by atoms with Crippen molar-refractivity contribution < 1.29 is 4.79 Å². The highest BCUT2D eigenvalue weighted by Gasteiger charge is 2.03. The number of aryl methyl sites for hydroxylation is 1. The van der Waals surface area contributed by atoms with E-state index in [0.29, 0.717) is 24.3 Å². The SMILES string of the molecule is Nc1ccc(NC(=O)CCc2cccnc2)nc1. The highest BCUT2D eigenvalue weighted by atomic mass is 16.1. The fourth-order valence-corrected chi connectivity index (χ4v) is 1.49. The number of aromatic nitrogens is 2. The molecule has 18 heavy (non-hydrogen) atoms. The normalized spacial score (nSPS) is 10.0. The molecule has 0 spiro atoms. The average molecular weight is 242 g/mol. The van der Waals surface area contributed by atoms with Crippen LogP contribution in [-0.2, 0) is 11.2 Å². The van der Waals surface area contributed by atoms with E-state index in [1.54, 1.807) is 24.5 Å². The standard InChI is InChI=1S/C13H14N4O/c14-11-4-5-12(16-9-11)17-13(18)6-3-10-2-1-7-15-8-10/h1-2,4-5,7-9H,3,6,14H2,(H,16,17,18). The molecule has 0 unspecified atom stereocenters. The number of hydrogen-bond acceptors (Lipinski definition) is 4. The molecule has 0 aromatic carbocycles. The van der Waals surface area contributed by atoms with Gasteiger partial charge in [-0.05, 0) is 30.2 Å². The Balaban J connectivity index is 1.84. The Kier molecular flexibility index (Phi) is 3.86. The van der Waals surface area contributed by atoms with Gasteiger partial charge in [-0.25, -0.2) is 4.98 Å². The zero-order valence-electron chi connectivity index (χ0n) is 9.84. The van der Waals surface area contributed by atoms with Crippen molar-refractivity contribution in [1.29, 1.82) is 0 Å². The fourth-order valence-electron chi connectivity index (χ4n) is 1.49. The number of nitrogens with two attached hydrogens (primary N) is 1. The van der Waals surface area contributed by atoms with Gasteiger partial charge in [0.25, 0.3) is 0 Å². The lowest BCUT2D eigenvalue weighted by Gasteiger charge is -2.04. The fraction of sp³-hybridized carbons (Fsp3) is 0.154. The van der Waals surface area contributed by atoms with E-state index in [0.717, 1.165) is 5.56 Å². The zero-order valence-corrected chi connectivity index (χ0v) is 9.84. The summed E-state index contributed by atoms with van der Waals surface area (Å²) in [6.45, 7) is 0. The number of carbonyl (C=O) groups excluding carboxylic acids is 1. The molecule has 0 bridgehead atoms. The maximum atomic E-state index is 11.7. The Morgan fingerprint density at radius 1 is 1.28 bits per heavy atom. The molecule has 2 aromatic rings. The van der Waals surface area contributed by atoms with Crippen molar-refractivity contribution in [3.05, 3.63) is 48.4 Å². The minimum Gasteiger partial charge on any atom is -0.397 e. The van der Waals surface area contributed by atoms with Crippen molar-refractivity contribution >= 4 is 17.4 Å². The first-order chi connectivity index (χ1) is 8.74. The topological polar surface area (TPSA) is 80.9 Å². The Bertz CT molecular complexity index is 510. The van der Waals surface area contributed by atoms with Gasteiger partial charge in [-0.15, -0.1) is 0 Å². The predicted molar refractivity (Wildman–Crippen MR) is 69.8 cm³/mol. The van der Waals surface area contributed by atoms with Crippen molar-refractivity contribution in [2.24, 2.45) is 0 Å². The lowest BCUT2D eigenvalue weighted by atomic mass is 10.1. The van der Waals surface area contributed by atoms with Crippen LogP contribution < -0.4 is 11.1 Å². The summed E-state index contributed by atoms with van der Waals surface area (Å²) in [7, 11) is 0. The number of rotatable bonds is 4. The van der Waals surface area contributed by atoms with Crippen LogP contribution in [0.5, 0.6) is 0 Å². The summed E-state index contributed by atoms with van der Waals surface area (Å²) in [6, 6.07) is 7.18. The highest BCUT2D eigenvalue weighted by Crippen LogP contribution is 2.07. The number of anilines is 2. The smallest absolute Gasteiger partial charge is 0.225 e. The van der Waals surface area contributed by atoms with Crippen LogP contribution in [0.3, 0.4) is 0 Å². The van der Waals surface area contributed by atoms with Gasteiger partial charge in [-0.3, -0.25) is 9.78 Å². The van der Waals surface area contributed by atoms with Crippen LogP contribution in [0.25, 0.3) is 0 Å². The van der Waals surface area contributed by atoms with Crippen molar-refractivity contribution in [3.8, 4) is 0 Å². The van der Waals surface area contributed by atoms with Gasteiger partial charge >= 0.3 is 0 Å². The van der Waals surface area contributed by atoms with Crippen molar-refractivity contribution in [2.75, 3.05) is 11.1 Å². The molecule has 0 aliphatic heterocycles. The van der Waals surface area contributed by atoms with Crippen LogP contribution in [0.2, 0.25) is 0 Å². The minimum atomic E-state index is -0.0730. The summed E-state index contributed by atoms with van der Waals surface area (Å²) in [5, 5.41) is 2.71. The van der Waals surface area contributed by atoms with E-state index >= 15 is 0 Å². The van der Waals surface area contributed by atoms with E-state index in [-0.39, 0.29) is 5.91 Å². The van der Waals surface area contributed by atoms with Crippen LogP contribution >= 0.6 is 0 Å². The van der Waals surface area contributed by atoms with Gasteiger partial charge < -0.3 is 11.1 Å². The Labute approximate surface area is 105 Å². The molecule has 92 valence electrons. The molecule has 0 fully saturated rings. The Hall–Kier alpha value is -2.43. The average Bonchev–Trinajstić information content (AvgIpc) is 2.40. The third-order valence-electron chi connectivity index (χ3n) is 2.42. The van der Waals surface area contributed by atoms with E-state index in [2.05, 4.69) is 15.3 Å². The number of hydrogen-bond donors (Lipinski definition) is 2. The molecule has 0 atom stereocenters. The number of amides is 1. The van der Waals surface area contributed by atoms with Gasteiger partial charge in [-0.1, -0.05) is 6.07 Å². The first-order valence-corrected chi connectivity index (χ1v) is 5.64. The number of nitrogens with one attached hydrogen (secondary N) is 1. The molecular weight excluding hydrogens is 228 g/mol. The minimum absolute atomic E-state index is 0.0730. The molecule has 5 heteroatoms. The summed E-state index contributed by atoms with van der Waals surface area (Å²) in [5.41, 5.74) is 7.12. The van der Waals surface area contributed by atoms with Crippen LogP contribution in [0.4, 0.5) is 11.5 Å². The monoisotopic (exact) mass is 242 g/mol. The summed E-state index contributed by atoms with van der Waals surface area (Å²) < 4.78 is 0. The molecule has 2 aromatic heterocycles. The summed E-state index contributed by atoms with van der Waals surface area (Å²) in [6.07, 6.45) is 6.04. The van der Waals surface area contributed by atoms with E-state index < -0.39 is 0 Å². The van der Waals surface area contributed by atoms with E-state index in [1.807, 2.05) is 12.1 Å². The number of pyridine rings is 2. The second-order valence-electron chi connectivity index (χ2n) is 3.89. The molecule has 0 aliphatic carbocycles. The lowest BCUT2D eigenvalue weighted by Crippen LogP contribution is -2.13. The maximum Gasteiger partial charge on any atom is 0.225 e. The third kappa shape index (κ3) is 3.55. The van der Waals surface area contributed by atoms with Crippen LogP contribution in [-0.4, -0.2) is 15.9 Å². The Morgan fingerprint density at radius 2 is 2.17 bits per heavy atom. The van der Waals surface area contributed by atoms with Crippen LogP contribution in [0.15, 0.2) is 42.9 Å². The molecule has 0 saturated heterocycles. The van der Waals surface area contributed by atoms with Crippen molar-refractivity contribution in [3.63, 3.8) is 0 Å². The summed E-state index contributed by atoms with van der Waals surface area (Å²) in [5.74, 6) is 0.441. The van der Waals surface area contributed by atoms with E-state index in [4.69, 9.17) is 5.73 Å². The van der Waals surface area contributed by atoms with Gasteiger partial charge in [0.05, 0.1) is 11.9 Å². The highest BCUT2D eigenvalue weighted by molar-refractivity contribution is 5.89. The van der Waals surface area contributed by atoms with Crippen molar-refractivity contribution in [2.45, 2.75) is 12.8 Å². The Morgan fingerprint density at radius 3 is 2.83 bits per heavy atom. The van der Waals surface area contributed by atoms with Crippen LogP contribution in [0, 0.1) is 0 Å². The van der Waals surface area contributed by atoms with E-state index in [1.165, 1.54) is 6.20 Å². The maximum absolute atomic E-state index is 11.7. The lowest BCUT2D eigenvalue weighted by molar-refractivity contribution is -0.116. The zero-order chi connectivity index (χ0) is 12.8. The third-order valence-corrected chi connectivity index (χ3v) is 2.42. The molecule has 1 amide bonds. The molecule has 0 saturated carbocycles. The number of carbonyl (C=O) groups is 1. The summed E-state index contributed by atoms with van der Waals surface area (Å²) >= 11 is 0. The molecule has 3 N–H and O–H groups in total. The van der Waals surface area contributed by atoms with Crippen molar-refractivity contribution in [1.82, 2.24) is 9.97 Å². The molecular formula is C13H14N4O. The van der Waals surface area contributed by atoms with Crippen LogP contribution in [0.1, 0.15) is 12.0 Å². The molecule has 2 rings (SSSR count). The summed E-state index contributed by atoms with van der Waals surface area (Å²) in [4.78, 5) is 19.7. The number of nitrogen functional groups attached to an aromatic ring is 1. The quantitative estimate of drug-likeness (QED) is 0.853. The largest absolute Gasteiger partial charge is 0.397 e. The molecule has 0 aliphatic rings. The predicted octanol–water partition coefficient (Wildman–Crippen LogP) is 1.63. The van der Waals surface area contributed by atoms with Gasteiger partial charge in [0.1, 0.15) is 5.82 Å². The van der Waals surface area contributed by atoms with Gasteiger partial charge in [0.2, 0.25) is 5.91 Å². The van der Waals surface area contributed by atoms with Gasteiger partial charge in [-0.2, -0.15) is 0 Å². The second kappa shape index (κ2) is 5.77.